The average Bonchev–Trinajstić information content (AvgIpc) is 3.19. The van der Waals surface area contributed by atoms with E-state index in [2.05, 4.69) is 6.08 Å². The van der Waals surface area contributed by atoms with Crippen LogP contribution in [0.2, 0.25) is 0 Å². The normalized spacial score (nSPS) is 22.6. The number of hydrogen-bond donors (Lipinski definition) is 0. The molecule has 6 heteroatoms. The molecule has 162 valence electrons. The lowest BCUT2D eigenvalue weighted by Gasteiger charge is -2.30. The number of halogens is 1. The number of rotatable bonds is 5. The van der Waals surface area contributed by atoms with Crippen molar-refractivity contribution in [2.75, 3.05) is 14.2 Å². The number of carbonyl (C=O) groups is 1. The molecular weight excluding hydrogens is 412 g/mol. The van der Waals surface area contributed by atoms with Crippen LogP contribution < -0.4 is 9.47 Å². The smallest absolute Gasteiger partial charge is 0.261 e. The second-order valence-electron chi connectivity index (χ2n) is 7.94. The number of allylic oxidation sites excluding steroid dienone is 1. The monoisotopic (exact) mass is 438 g/mol. The van der Waals surface area contributed by atoms with Gasteiger partial charge in [0.15, 0.2) is 0 Å². The summed E-state index contributed by atoms with van der Waals surface area (Å²) >= 11 is 6.19. The Bertz CT molecular complexity index is 996. The van der Waals surface area contributed by atoms with Crippen molar-refractivity contribution < 1.29 is 14.3 Å². The Kier molecular flexibility index (Phi) is 6.33. The van der Waals surface area contributed by atoms with Crippen molar-refractivity contribution in [2.24, 2.45) is 11.0 Å². The molecule has 0 unspecified atom stereocenters. The van der Waals surface area contributed by atoms with E-state index in [1.165, 1.54) is 5.57 Å². The van der Waals surface area contributed by atoms with Crippen LogP contribution in [-0.2, 0) is 4.79 Å². The van der Waals surface area contributed by atoms with Gasteiger partial charge < -0.3 is 9.47 Å². The minimum absolute atomic E-state index is 0.144. The maximum Gasteiger partial charge on any atom is 0.261 e. The molecule has 1 heterocycles. The molecule has 0 radical (unpaired) electrons. The van der Waals surface area contributed by atoms with Gasteiger partial charge in [-0.2, -0.15) is 5.10 Å². The predicted octanol–water partition coefficient (Wildman–Crippen LogP) is 5.45. The quantitative estimate of drug-likeness (QED) is 0.583. The zero-order chi connectivity index (χ0) is 22.0. The van der Waals surface area contributed by atoms with Crippen molar-refractivity contribution in [2.45, 2.75) is 37.6 Å². The zero-order valence-electron chi connectivity index (χ0n) is 18.0. The van der Waals surface area contributed by atoms with Gasteiger partial charge in [-0.25, -0.2) is 5.01 Å². The summed E-state index contributed by atoms with van der Waals surface area (Å²) in [5, 5.41) is 5.80. The summed E-state index contributed by atoms with van der Waals surface area (Å²) in [6.07, 6.45) is 5.15. The van der Waals surface area contributed by atoms with E-state index in [0.717, 1.165) is 47.6 Å². The van der Waals surface area contributed by atoms with Crippen molar-refractivity contribution in [3.8, 4) is 11.5 Å². The van der Waals surface area contributed by atoms with Gasteiger partial charge in [-0.05, 0) is 73.2 Å². The van der Waals surface area contributed by atoms with Gasteiger partial charge in [-0.15, -0.1) is 11.6 Å². The molecule has 0 saturated heterocycles. The number of hydrazone groups is 1. The first kappa shape index (κ1) is 21.4. The molecule has 5 nitrogen and oxygen atoms in total. The fourth-order valence-electron chi connectivity index (χ4n) is 4.40. The summed E-state index contributed by atoms with van der Waals surface area (Å²) in [7, 11) is 3.31. The molecule has 3 atom stereocenters. The highest BCUT2D eigenvalue weighted by atomic mass is 35.5. The third kappa shape index (κ3) is 4.33. The molecule has 0 spiro atoms. The number of ether oxygens (including phenoxy) is 2. The number of carbonyl (C=O) groups excluding carboxylic acids is 1. The summed E-state index contributed by atoms with van der Waals surface area (Å²) in [6.45, 7) is 1.70. The van der Waals surface area contributed by atoms with Crippen LogP contribution in [0.1, 0.15) is 43.4 Å². The topological polar surface area (TPSA) is 51.1 Å². The molecule has 2 aliphatic rings. The highest BCUT2D eigenvalue weighted by Gasteiger charge is 2.44. The highest BCUT2D eigenvalue weighted by Crippen LogP contribution is 2.45. The number of nitrogens with zero attached hydrogens (tertiary/aromatic N) is 2. The number of hydrogen-bond acceptors (Lipinski definition) is 4. The molecule has 2 aromatic rings. The number of amides is 1. The van der Waals surface area contributed by atoms with E-state index >= 15 is 0 Å². The molecule has 0 bridgehead atoms. The summed E-state index contributed by atoms with van der Waals surface area (Å²) < 4.78 is 10.6. The van der Waals surface area contributed by atoms with E-state index in [0.29, 0.717) is 0 Å². The molecule has 1 aliphatic heterocycles. The Morgan fingerprint density at radius 1 is 1.10 bits per heavy atom. The van der Waals surface area contributed by atoms with E-state index in [1.54, 1.807) is 26.2 Å². The van der Waals surface area contributed by atoms with Gasteiger partial charge in [-0.3, -0.25) is 4.79 Å². The molecule has 31 heavy (non-hydrogen) atoms. The van der Waals surface area contributed by atoms with Crippen LogP contribution in [0.5, 0.6) is 11.5 Å². The maximum atomic E-state index is 13.0. The lowest BCUT2D eigenvalue weighted by Crippen LogP contribution is -2.35. The number of alkyl halides is 1. The second kappa shape index (κ2) is 9.15. The van der Waals surface area contributed by atoms with E-state index < -0.39 is 5.38 Å². The SMILES string of the molecule is COc1ccc(/C=C2\CCC[C@@H]3C2=NN(C(=O)[C@H](C)Cl)[C@@H]3c2ccc(OC)cc2)cc1. The minimum Gasteiger partial charge on any atom is -0.497 e. The van der Waals surface area contributed by atoms with Crippen LogP contribution in [0.15, 0.2) is 59.2 Å². The van der Waals surface area contributed by atoms with Crippen LogP contribution in [-0.4, -0.2) is 36.2 Å². The van der Waals surface area contributed by atoms with Crippen molar-refractivity contribution in [1.29, 1.82) is 0 Å². The molecule has 1 saturated carbocycles. The Morgan fingerprint density at radius 2 is 1.71 bits per heavy atom. The Hall–Kier alpha value is -2.79. The van der Waals surface area contributed by atoms with Crippen LogP contribution in [0.25, 0.3) is 6.08 Å². The van der Waals surface area contributed by atoms with E-state index in [9.17, 15) is 4.79 Å². The fourth-order valence-corrected chi connectivity index (χ4v) is 4.50. The maximum absolute atomic E-state index is 13.0. The van der Waals surface area contributed by atoms with Crippen LogP contribution in [0.3, 0.4) is 0 Å². The van der Waals surface area contributed by atoms with Crippen LogP contribution >= 0.6 is 11.6 Å². The summed E-state index contributed by atoms with van der Waals surface area (Å²) in [5.41, 5.74) is 4.31. The second-order valence-corrected chi connectivity index (χ2v) is 8.60. The predicted molar refractivity (Wildman–Crippen MR) is 124 cm³/mol. The fraction of sp³-hybridized carbons (Fsp3) is 0.360. The third-order valence-electron chi connectivity index (χ3n) is 5.98. The van der Waals surface area contributed by atoms with Crippen molar-refractivity contribution in [1.82, 2.24) is 5.01 Å². The lowest BCUT2D eigenvalue weighted by atomic mass is 9.77. The van der Waals surface area contributed by atoms with Gasteiger partial charge in [-0.1, -0.05) is 24.3 Å². The van der Waals surface area contributed by atoms with E-state index in [4.69, 9.17) is 26.2 Å². The van der Waals surface area contributed by atoms with Crippen molar-refractivity contribution in [3.05, 3.63) is 65.2 Å². The highest BCUT2D eigenvalue weighted by molar-refractivity contribution is 6.30. The molecule has 0 N–H and O–H groups in total. The lowest BCUT2D eigenvalue weighted by molar-refractivity contribution is -0.132. The van der Waals surface area contributed by atoms with Crippen LogP contribution in [0, 0.1) is 5.92 Å². The zero-order valence-corrected chi connectivity index (χ0v) is 18.8. The van der Waals surface area contributed by atoms with Gasteiger partial charge in [0.05, 0.1) is 26.0 Å². The largest absolute Gasteiger partial charge is 0.497 e. The summed E-state index contributed by atoms with van der Waals surface area (Å²) in [5.74, 6) is 1.59. The summed E-state index contributed by atoms with van der Waals surface area (Å²) in [6, 6.07) is 15.7. The molecule has 1 aliphatic carbocycles. The summed E-state index contributed by atoms with van der Waals surface area (Å²) in [4.78, 5) is 13.0. The molecule has 2 aromatic carbocycles. The minimum atomic E-state index is -0.640. The van der Waals surface area contributed by atoms with Crippen molar-refractivity contribution in [3.63, 3.8) is 0 Å². The molecule has 4 rings (SSSR count). The number of fused-ring (bicyclic) bond motifs is 1. The van der Waals surface area contributed by atoms with E-state index in [-0.39, 0.29) is 17.9 Å². The first-order valence-electron chi connectivity index (χ1n) is 10.6. The van der Waals surface area contributed by atoms with Gasteiger partial charge in [0.1, 0.15) is 16.9 Å². The van der Waals surface area contributed by atoms with E-state index in [1.807, 2.05) is 48.5 Å². The Balaban J connectivity index is 1.71. The first-order chi connectivity index (χ1) is 15.0. The Morgan fingerprint density at radius 3 is 2.29 bits per heavy atom. The molecule has 1 amide bonds. The third-order valence-corrected chi connectivity index (χ3v) is 6.17. The van der Waals surface area contributed by atoms with Crippen molar-refractivity contribution >= 4 is 29.3 Å². The number of methoxy groups -OCH3 is 2. The van der Waals surface area contributed by atoms with Gasteiger partial charge in [0.2, 0.25) is 0 Å². The number of benzene rings is 2. The van der Waals surface area contributed by atoms with Gasteiger partial charge >= 0.3 is 0 Å². The molecular formula is C25H27ClN2O3. The standard InChI is InChI=1S/C25H27ClN2O3/c1-16(26)25(29)28-24(18-9-13-21(31-3)14-10-18)22-6-4-5-19(23(22)27-28)15-17-7-11-20(30-2)12-8-17/h7-16,22,24H,4-6H2,1-3H3/b19-15+/t16-,22+,24+/m0/s1. The Labute approximate surface area is 188 Å². The average molecular weight is 439 g/mol. The molecule has 0 aromatic heterocycles. The first-order valence-corrected chi connectivity index (χ1v) is 11.0. The van der Waals surface area contributed by atoms with Gasteiger partial charge in [0, 0.05) is 5.92 Å². The molecule has 1 fully saturated rings. The van der Waals surface area contributed by atoms with Gasteiger partial charge in [0.25, 0.3) is 5.91 Å². The van der Waals surface area contributed by atoms with Crippen LogP contribution in [0.4, 0.5) is 0 Å².